The van der Waals surface area contributed by atoms with Gasteiger partial charge in [0.1, 0.15) is 0 Å². The van der Waals surface area contributed by atoms with E-state index in [1.54, 1.807) is 30.0 Å². The first-order valence-corrected chi connectivity index (χ1v) is 7.07. The predicted molar refractivity (Wildman–Crippen MR) is 74.6 cm³/mol. The molecule has 0 spiro atoms. The van der Waals surface area contributed by atoms with Gasteiger partial charge in [-0.05, 0) is 36.8 Å². The van der Waals surface area contributed by atoms with Gasteiger partial charge in [-0.2, -0.15) is 0 Å². The van der Waals surface area contributed by atoms with E-state index in [1.807, 2.05) is 0 Å². The third-order valence-electron chi connectivity index (χ3n) is 2.74. The zero-order valence-corrected chi connectivity index (χ0v) is 11.0. The Morgan fingerprint density at radius 2 is 2.29 bits per heavy atom. The Bertz CT molecular complexity index is 419. The quantitative estimate of drug-likeness (QED) is 0.812. The molecule has 1 amide bonds. The fourth-order valence-electron chi connectivity index (χ4n) is 1.79. The SMILES string of the molecule is Nc1cc(NC(=O)C2CCCCS2)ccc1Cl. The van der Waals surface area contributed by atoms with Crippen molar-refractivity contribution >= 4 is 40.6 Å². The van der Waals surface area contributed by atoms with Crippen LogP contribution in [0.15, 0.2) is 18.2 Å². The lowest BCUT2D eigenvalue weighted by Crippen LogP contribution is -2.27. The highest BCUT2D eigenvalue weighted by atomic mass is 35.5. The van der Waals surface area contributed by atoms with Gasteiger partial charge in [-0.1, -0.05) is 18.0 Å². The van der Waals surface area contributed by atoms with Gasteiger partial charge < -0.3 is 11.1 Å². The van der Waals surface area contributed by atoms with Gasteiger partial charge in [-0.15, -0.1) is 11.8 Å². The van der Waals surface area contributed by atoms with E-state index < -0.39 is 0 Å². The lowest BCUT2D eigenvalue weighted by molar-refractivity contribution is -0.115. The number of halogens is 1. The monoisotopic (exact) mass is 270 g/mol. The van der Waals surface area contributed by atoms with Crippen LogP contribution in [0.5, 0.6) is 0 Å². The Morgan fingerprint density at radius 1 is 1.47 bits per heavy atom. The Hall–Kier alpha value is -0.870. The van der Waals surface area contributed by atoms with Gasteiger partial charge in [0.05, 0.1) is 16.0 Å². The zero-order chi connectivity index (χ0) is 12.3. The van der Waals surface area contributed by atoms with Crippen LogP contribution in [0.25, 0.3) is 0 Å². The van der Waals surface area contributed by atoms with Crippen molar-refractivity contribution in [2.24, 2.45) is 0 Å². The molecule has 1 fully saturated rings. The molecule has 3 N–H and O–H groups in total. The first-order chi connectivity index (χ1) is 8.16. The first-order valence-electron chi connectivity index (χ1n) is 5.64. The number of nitrogens with one attached hydrogen (secondary N) is 1. The van der Waals surface area contributed by atoms with Crippen LogP contribution in [-0.4, -0.2) is 16.9 Å². The normalized spacial score (nSPS) is 19.9. The van der Waals surface area contributed by atoms with Crippen LogP contribution in [0.3, 0.4) is 0 Å². The number of rotatable bonds is 2. The van der Waals surface area contributed by atoms with Crippen molar-refractivity contribution in [2.45, 2.75) is 24.5 Å². The van der Waals surface area contributed by atoms with Gasteiger partial charge in [-0.3, -0.25) is 4.79 Å². The summed E-state index contributed by atoms with van der Waals surface area (Å²) in [4.78, 5) is 12.0. The maximum absolute atomic E-state index is 12.0. The topological polar surface area (TPSA) is 55.1 Å². The molecular weight excluding hydrogens is 256 g/mol. The summed E-state index contributed by atoms with van der Waals surface area (Å²) in [5.41, 5.74) is 6.88. The third-order valence-corrected chi connectivity index (χ3v) is 4.46. The second-order valence-corrected chi connectivity index (χ2v) is 5.80. The molecule has 1 aliphatic rings. The minimum Gasteiger partial charge on any atom is -0.397 e. The molecule has 1 aliphatic heterocycles. The highest BCUT2D eigenvalue weighted by Crippen LogP contribution is 2.27. The van der Waals surface area contributed by atoms with Crippen LogP contribution in [0.4, 0.5) is 11.4 Å². The highest BCUT2D eigenvalue weighted by molar-refractivity contribution is 8.00. The Kier molecular flexibility index (Phi) is 4.18. The average Bonchev–Trinajstić information content (AvgIpc) is 2.35. The van der Waals surface area contributed by atoms with E-state index in [0.717, 1.165) is 18.6 Å². The summed E-state index contributed by atoms with van der Waals surface area (Å²) < 4.78 is 0. The summed E-state index contributed by atoms with van der Waals surface area (Å²) in [5, 5.41) is 3.46. The fraction of sp³-hybridized carbons (Fsp3) is 0.417. The molecule has 1 saturated heterocycles. The number of anilines is 2. The number of thioether (sulfide) groups is 1. The smallest absolute Gasteiger partial charge is 0.237 e. The summed E-state index contributed by atoms with van der Waals surface area (Å²) >= 11 is 7.55. The standard InChI is InChI=1S/C12H15ClN2OS/c13-9-5-4-8(7-10(9)14)15-12(16)11-3-1-2-6-17-11/h4-5,7,11H,1-3,6,14H2,(H,15,16). The van der Waals surface area contributed by atoms with Gasteiger partial charge >= 0.3 is 0 Å². The minimum atomic E-state index is 0.0661. The lowest BCUT2D eigenvalue weighted by atomic mass is 10.2. The molecule has 0 bridgehead atoms. The van der Waals surface area contributed by atoms with Crippen molar-refractivity contribution in [3.8, 4) is 0 Å². The molecule has 2 rings (SSSR count). The molecule has 0 aromatic heterocycles. The third kappa shape index (κ3) is 3.30. The highest BCUT2D eigenvalue weighted by Gasteiger charge is 2.21. The summed E-state index contributed by atoms with van der Waals surface area (Å²) in [6, 6.07) is 5.15. The van der Waals surface area contributed by atoms with Gasteiger partial charge in [-0.25, -0.2) is 0 Å². The van der Waals surface area contributed by atoms with Crippen LogP contribution in [0.2, 0.25) is 5.02 Å². The Balaban J connectivity index is 1.99. The maximum Gasteiger partial charge on any atom is 0.237 e. The fourth-order valence-corrected chi connectivity index (χ4v) is 3.11. The van der Waals surface area contributed by atoms with E-state index in [2.05, 4.69) is 5.32 Å². The Morgan fingerprint density at radius 3 is 2.94 bits per heavy atom. The molecule has 1 aromatic carbocycles. The largest absolute Gasteiger partial charge is 0.397 e. The summed E-state index contributed by atoms with van der Waals surface area (Å²) in [6.45, 7) is 0. The minimum absolute atomic E-state index is 0.0661. The predicted octanol–water partition coefficient (Wildman–Crippen LogP) is 3.15. The van der Waals surface area contributed by atoms with Crippen LogP contribution in [0.1, 0.15) is 19.3 Å². The maximum atomic E-state index is 12.0. The van der Waals surface area contributed by atoms with Gasteiger partial charge in [0, 0.05) is 5.69 Å². The molecule has 0 aliphatic carbocycles. The molecule has 1 atom stereocenters. The molecule has 92 valence electrons. The lowest BCUT2D eigenvalue weighted by Gasteiger charge is -2.20. The summed E-state index contributed by atoms with van der Waals surface area (Å²) in [6.07, 6.45) is 3.30. The van der Waals surface area contributed by atoms with Crippen molar-refractivity contribution in [2.75, 3.05) is 16.8 Å². The number of hydrogen-bond donors (Lipinski definition) is 2. The molecule has 17 heavy (non-hydrogen) atoms. The van der Waals surface area contributed by atoms with E-state index in [9.17, 15) is 4.79 Å². The van der Waals surface area contributed by atoms with Crippen molar-refractivity contribution in [1.29, 1.82) is 0 Å². The molecule has 0 radical (unpaired) electrons. The molecule has 0 saturated carbocycles. The van der Waals surface area contributed by atoms with Crippen molar-refractivity contribution < 1.29 is 4.79 Å². The summed E-state index contributed by atoms with van der Waals surface area (Å²) in [7, 11) is 0. The molecule has 5 heteroatoms. The van der Waals surface area contributed by atoms with Crippen molar-refractivity contribution in [1.82, 2.24) is 0 Å². The van der Waals surface area contributed by atoms with Crippen LogP contribution < -0.4 is 11.1 Å². The number of benzene rings is 1. The first kappa shape index (κ1) is 12.6. The van der Waals surface area contributed by atoms with E-state index >= 15 is 0 Å². The van der Waals surface area contributed by atoms with E-state index in [-0.39, 0.29) is 11.2 Å². The molecule has 1 heterocycles. The van der Waals surface area contributed by atoms with Crippen molar-refractivity contribution in [3.63, 3.8) is 0 Å². The van der Waals surface area contributed by atoms with Crippen LogP contribution >= 0.6 is 23.4 Å². The molecule has 1 aromatic rings. The van der Waals surface area contributed by atoms with E-state index in [4.69, 9.17) is 17.3 Å². The van der Waals surface area contributed by atoms with Crippen LogP contribution in [-0.2, 0) is 4.79 Å². The van der Waals surface area contributed by atoms with Gasteiger partial charge in [0.25, 0.3) is 0 Å². The average molecular weight is 271 g/mol. The van der Waals surface area contributed by atoms with E-state index in [1.165, 1.54) is 6.42 Å². The number of hydrogen-bond acceptors (Lipinski definition) is 3. The molecular formula is C12H15ClN2OS. The molecule has 1 unspecified atom stereocenters. The second-order valence-electron chi connectivity index (χ2n) is 4.08. The Labute approximate surface area is 110 Å². The number of carbonyl (C=O) groups excluding carboxylic acids is 1. The van der Waals surface area contributed by atoms with Gasteiger partial charge in [0.2, 0.25) is 5.91 Å². The second kappa shape index (κ2) is 5.65. The number of nitrogens with two attached hydrogens (primary N) is 1. The zero-order valence-electron chi connectivity index (χ0n) is 9.41. The van der Waals surface area contributed by atoms with E-state index in [0.29, 0.717) is 16.4 Å². The van der Waals surface area contributed by atoms with Gasteiger partial charge in [0.15, 0.2) is 0 Å². The molecule has 3 nitrogen and oxygen atoms in total. The van der Waals surface area contributed by atoms with Crippen LogP contribution in [0, 0.1) is 0 Å². The number of amides is 1. The number of carbonyl (C=O) groups is 1. The number of nitrogen functional groups attached to an aromatic ring is 1. The summed E-state index contributed by atoms with van der Waals surface area (Å²) in [5.74, 6) is 1.14. The van der Waals surface area contributed by atoms with Crippen molar-refractivity contribution in [3.05, 3.63) is 23.2 Å².